The number of anilines is 1. The number of aromatic hydroxyl groups is 1. The molecule has 0 unspecified atom stereocenters. The van der Waals surface area contributed by atoms with Gasteiger partial charge in [0, 0.05) is 23.5 Å². The van der Waals surface area contributed by atoms with Crippen LogP contribution in [0.15, 0.2) is 60.8 Å². The number of methoxy groups -OCH3 is 2. The molecular weight excluding hydrogens is 372 g/mol. The Bertz CT molecular complexity index is 1190. The summed E-state index contributed by atoms with van der Waals surface area (Å²) in [6, 6.07) is 15.2. The number of fused-ring (bicyclic) bond motifs is 1. The number of phenols is 1. The van der Waals surface area contributed by atoms with E-state index in [1.807, 2.05) is 24.3 Å². The molecule has 0 radical (unpaired) electrons. The van der Waals surface area contributed by atoms with Crippen molar-refractivity contribution in [1.29, 1.82) is 0 Å². The molecule has 0 aliphatic carbocycles. The van der Waals surface area contributed by atoms with E-state index in [1.54, 1.807) is 43.1 Å². The Morgan fingerprint density at radius 1 is 1.00 bits per heavy atom. The van der Waals surface area contributed by atoms with E-state index in [0.717, 1.165) is 11.3 Å². The van der Waals surface area contributed by atoms with Crippen molar-refractivity contribution in [2.75, 3.05) is 19.5 Å². The van der Waals surface area contributed by atoms with Gasteiger partial charge in [0.15, 0.2) is 22.8 Å². The van der Waals surface area contributed by atoms with Crippen LogP contribution in [0.25, 0.3) is 16.9 Å². The zero-order chi connectivity index (χ0) is 20.4. The topological polar surface area (TPSA) is 98.0 Å². The van der Waals surface area contributed by atoms with Gasteiger partial charge in [-0.1, -0.05) is 0 Å². The molecule has 146 valence electrons. The third kappa shape index (κ3) is 3.55. The van der Waals surface area contributed by atoms with E-state index in [1.165, 1.54) is 12.1 Å². The Morgan fingerprint density at radius 2 is 1.76 bits per heavy atom. The molecule has 8 heteroatoms. The third-order valence-corrected chi connectivity index (χ3v) is 4.40. The Hall–Kier alpha value is -4.07. The number of phenolic OH excluding ortho intramolecular Hbond substituents is 1. The first kappa shape index (κ1) is 18.3. The molecule has 2 heterocycles. The van der Waals surface area contributed by atoms with Crippen molar-refractivity contribution in [3.63, 3.8) is 0 Å². The van der Waals surface area contributed by atoms with Gasteiger partial charge >= 0.3 is 0 Å². The van der Waals surface area contributed by atoms with E-state index in [2.05, 4.69) is 15.4 Å². The minimum atomic E-state index is -0.376. The van der Waals surface area contributed by atoms with E-state index in [9.17, 15) is 9.90 Å². The molecule has 2 aromatic heterocycles. The second-order valence-corrected chi connectivity index (χ2v) is 6.20. The number of amides is 1. The highest BCUT2D eigenvalue weighted by Crippen LogP contribution is 2.32. The molecule has 0 fully saturated rings. The summed E-state index contributed by atoms with van der Waals surface area (Å²) in [5.74, 6) is 0.960. The van der Waals surface area contributed by atoms with Gasteiger partial charge < -0.3 is 19.9 Å². The fourth-order valence-electron chi connectivity index (χ4n) is 2.96. The predicted molar refractivity (Wildman–Crippen MR) is 108 cm³/mol. The zero-order valence-corrected chi connectivity index (χ0v) is 15.8. The maximum absolute atomic E-state index is 12.6. The molecule has 0 aliphatic rings. The van der Waals surface area contributed by atoms with Crippen LogP contribution in [-0.2, 0) is 0 Å². The largest absolute Gasteiger partial charge is 0.508 e. The van der Waals surface area contributed by atoms with Gasteiger partial charge in [0.2, 0.25) is 0 Å². The van der Waals surface area contributed by atoms with Crippen LogP contribution in [0, 0.1) is 0 Å². The SMILES string of the molecule is COc1ccc(-c2ccnc3cc(C(=O)Nc4ccc(O)cc4)nn23)cc1OC. The molecule has 2 aromatic carbocycles. The fourth-order valence-corrected chi connectivity index (χ4v) is 2.96. The standard InChI is InChI=1S/C21H18N4O4/c1-28-18-8-3-13(11-19(18)29-2)17-9-10-22-20-12-16(24-25(17)20)21(27)23-14-4-6-15(26)7-5-14/h3-12,26H,1-2H3,(H,23,27). The maximum atomic E-state index is 12.6. The Balaban J connectivity index is 1.70. The summed E-state index contributed by atoms with van der Waals surface area (Å²) in [5, 5.41) is 16.5. The number of benzene rings is 2. The smallest absolute Gasteiger partial charge is 0.276 e. The van der Waals surface area contributed by atoms with Gasteiger partial charge in [0.1, 0.15) is 5.75 Å². The molecule has 0 saturated heterocycles. The molecule has 0 bridgehead atoms. The molecule has 0 aliphatic heterocycles. The molecule has 29 heavy (non-hydrogen) atoms. The van der Waals surface area contributed by atoms with Gasteiger partial charge in [0.05, 0.1) is 19.9 Å². The van der Waals surface area contributed by atoms with Crippen LogP contribution < -0.4 is 14.8 Å². The fraction of sp³-hybridized carbons (Fsp3) is 0.0952. The van der Waals surface area contributed by atoms with Crippen molar-refractivity contribution in [3.8, 4) is 28.5 Å². The molecule has 2 N–H and O–H groups in total. The summed E-state index contributed by atoms with van der Waals surface area (Å²) in [6.07, 6.45) is 1.66. The van der Waals surface area contributed by atoms with E-state index >= 15 is 0 Å². The molecule has 4 aromatic rings. The lowest BCUT2D eigenvalue weighted by Crippen LogP contribution is -2.12. The van der Waals surface area contributed by atoms with E-state index in [0.29, 0.717) is 22.8 Å². The monoisotopic (exact) mass is 390 g/mol. The lowest BCUT2D eigenvalue weighted by Gasteiger charge is -2.10. The van der Waals surface area contributed by atoms with E-state index < -0.39 is 0 Å². The van der Waals surface area contributed by atoms with Crippen LogP contribution in [0.5, 0.6) is 17.2 Å². The number of hydrogen-bond donors (Lipinski definition) is 2. The second-order valence-electron chi connectivity index (χ2n) is 6.20. The zero-order valence-electron chi connectivity index (χ0n) is 15.8. The van der Waals surface area contributed by atoms with Gasteiger partial charge in [-0.05, 0) is 48.5 Å². The van der Waals surface area contributed by atoms with Crippen molar-refractivity contribution in [3.05, 3.63) is 66.5 Å². The van der Waals surface area contributed by atoms with Crippen LogP contribution >= 0.6 is 0 Å². The lowest BCUT2D eigenvalue weighted by atomic mass is 10.1. The molecule has 4 rings (SSSR count). The summed E-state index contributed by atoms with van der Waals surface area (Å²) in [4.78, 5) is 16.9. The molecule has 1 amide bonds. The predicted octanol–water partition coefficient (Wildman–Crippen LogP) is 3.37. The van der Waals surface area contributed by atoms with Crippen LogP contribution in [0.4, 0.5) is 5.69 Å². The summed E-state index contributed by atoms with van der Waals surface area (Å²) in [7, 11) is 3.15. The number of carbonyl (C=O) groups excluding carboxylic acids is 1. The molecule has 0 saturated carbocycles. The Kier molecular flexibility index (Phi) is 4.74. The molecular formula is C21H18N4O4. The number of aromatic nitrogens is 3. The minimum absolute atomic E-state index is 0.125. The highest BCUT2D eigenvalue weighted by atomic mass is 16.5. The number of ether oxygens (including phenoxy) is 2. The van der Waals surface area contributed by atoms with Gasteiger partial charge in [-0.2, -0.15) is 5.10 Å². The normalized spacial score (nSPS) is 10.7. The summed E-state index contributed by atoms with van der Waals surface area (Å²) in [6.45, 7) is 0. The van der Waals surface area contributed by atoms with Crippen LogP contribution in [-0.4, -0.2) is 39.8 Å². The summed E-state index contributed by atoms with van der Waals surface area (Å²) in [5.41, 5.74) is 2.90. The van der Waals surface area contributed by atoms with Crippen molar-refractivity contribution in [2.24, 2.45) is 0 Å². The molecule has 8 nitrogen and oxygen atoms in total. The molecule has 0 atom stereocenters. The van der Waals surface area contributed by atoms with Crippen molar-refractivity contribution < 1.29 is 19.4 Å². The summed E-state index contributed by atoms with van der Waals surface area (Å²) >= 11 is 0. The average Bonchev–Trinajstić information content (AvgIpc) is 3.19. The van der Waals surface area contributed by atoms with Crippen molar-refractivity contribution in [2.45, 2.75) is 0 Å². The number of nitrogens with zero attached hydrogens (tertiary/aromatic N) is 3. The summed E-state index contributed by atoms with van der Waals surface area (Å²) < 4.78 is 12.3. The first-order valence-electron chi connectivity index (χ1n) is 8.76. The minimum Gasteiger partial charge on any atom is -0.508 e. The van der Waals surface area contributed by atoms with E-state index in [4.69, 9.17) is 9.47 Å². The van der Waals surface area contributed by atoms with Crippen molar-refractivity contribution in [1.82, 2.24) is 14.6 Å². The highest BCUT2D eigenvalue weighted by molar-refractivity contribution is 6.03. The van der Waals surface area contributed by atoms with Gasteiger partial charge in [-0.15, -0.1) is 0 Å². The number of carbonyl (C=O) groups is 1. The third-order valence-electron chi connectivity index (χ3n) is 4.40. The first-order valence-corrected chi connectivity index (χ1v) is 8.76. The highest BCUT2D eigenvalue weighted by Gasteiger charge is 2.15. The van der Waals surface area contributed by atoms with Gasteiger partial charge in [-0.3, -0.25) is 4.79 Å². The van der Waals surface area contributed by atoms with E-state index in [-0.39, 0.29) is 17.4 Å². The van der Waals surface area contributed by atoms with Crippen LogP contribution in [0.1, 0.15) is 10.5 Å². The van der Waals surface area contributed by atoms with Gasteiger partial charge in [0.25, 0.3) is 5.91 Å². The van der Waals surface area contributed by atoms with Gasteiger partial charge in [-0.25, -0.2) is 9.50 Å². The number of hydrogen-bond acceptors (Lipinski definition) is 6. The second kappa shape index (κ2) is 7.51. The van der Waals surface area contributed by atoms with Crippen LogP contribution in [0.2, 0.25) is 0 Å². The first-order chi connectivity index (χ1) is 14.1. The lowest BCUT2D eigenvalue weighted by molar-refractivity contribution is 0.102. The Morgan fingerprint density at radius 3 is 2.48 bits per heavy atom. The Labute approximate surface area is 166 Å². The molecule has 0 spiro atoms. The van der Waals surface area contributed by atoms with Crippen LogP contribution in [0.3, 0.4) is 0 Å². The van der Waals surface area contributed by atoms with Crippen molar-refractivity contribution >= 4 is 17.2 Å². The number of rotatable bonds is 5. The maximum Gasteiger partial charge on any atom is 0.276 e. The number of nitrogens with one attached hydrogen (secondary N) is 1. The quantitative estimate of drug-likeness (QED) is 0.507. The average molecular weight is 390 g/mol.